The number of benzene rings is 2. The second kappa shape index (κ2) is 6.54. The molecule has 0 saturated heterocycles. The zero-order chi connectivity index (χ0) is 16.4. The van der Waals surface area contributed by atoms with Crippen molar-refractivity contribution in [2.75, 3.05) is 13.7 Å². The first-order valence-corrected chi connectivity index (χ1v) is 8.02. The van der Waals surface area contributed by atoms with Crippen LogP contribution in [-0.2, 0) is 0 Å². The van der Waals surface area contributed by atoms with Gasteiger partial charge in [0, 0.05) is 16.5 Å². The summed E-state index contributed by atoms with van der Waals surface area (Å²) in [5.74, 6) is 0.396. The van der Waals surface area contributed by atoms with E-state index in [2.05, 4.69) is 15.9 Å². The van der Waals surface area contributed by atoms with Crippen LogP contribution in [0.5, 0.6) is 11.5 Å². The predicted octanol–water partition coefficient (Wildman–Crippen LogP) is 3.92. The van der Waals surface area contributed by atoms with Crippen LogP contribution < -0.4 is 9.47 Å². The average Bonchev–Trinajstić information content (AvgIpc) is 2.57. The molecular formula is C18H15BrO4. The van der Waals surface area contributed by atoms with E-state index in [4.69, 9.17) is 9.47 Å². The molecule has 0 aromatic heterocycles. The van der Waals surface area contributed by atoms with Crippen LogP contribution >= 0.6 is 15.9 Å². The Morgan fingerprint density at radius 3 is 2.70 bits per heavy atom. The van der Waals surface area contributed by atoms with Gasteiger partial charge in [-0.3, -0.25) is 9.59 Å². The molecule has 0 saturated carbocycles. The molecular weight excluding hydrogens is 360 g/mol. The maximum atomic E-state index is 12.6. The molecule has 3 rings (SSSR count). The van der Waals surface area contributed by atoms with Gasteiger partial charge in [-0.25, -0.2) is 0 Å². The summed E-state index contributed by atoms with van der Waals surface area (Å²) in [6, 6.07) is 12.3. The number of hydrogen-bond donors (Lipinski definition) is 0. The molecule has 0 spiro atoms. The minimum absolute atomic E-state index is 0.0641. The molecule has 5 heteroatoms. The Bertz CT molecular complexity index is 752. The quantitative estimate of drug-likeness (QED) is 0.761. The Balaban J connectivity index is 1.79. The number of carbonyl (C=O) groups is 2. The number of carbonyl (C=O) groups excluding carboxylic acids is 2. The Kier molecular flexibility index (Phi) is 4.48. The first kappa shape index (κ1) is 15.7. The number of Topliss-reactive ketones (excluding diaryl/α,β-unsaturated/α-hetero) is 2. The van der Waals surface area contributed by atoms with Crippen molar-refractivity contribution in [3.8, 4) is 11.5 Å². The fraction of sp³-hybridized carbons (Fsp3) is 0.222. The number of para-hydroxylation sites is 1. The lowest BCUT2D eigenvalue weighted by atomic mass is 9.89. The van der Waals surface area contributed by atoms with Gasteiger partial charge < -0.3 is 9.47 Å². The highest BCUT2D eigenvalue weighted by Crippen LogP contribution is 2.37. The first-order valence-electron chi connectivity index (χ1n) is 7.23. The van der Waals surface area contributed by atoms with E-state index in [1.165, 1.54) is 7.11 Å². The van der Waals surface area contributed by atoms with Gasteiger partial charge in [-0.05, 0) is 24.3 Å². The average molecular weight is 375 g/mol. The van der Waals surface area contributed by atoms with Gasteiger partial charge >= 0.3 is 0 Å². The van der Waals surface area contributed by atoms with Crippen LogP contribution in [0.4, 0.5) is 0 Å². The molecule has 0 amide bonds. The van der Waals surface area contributed by atoms with Crippen LogP contribution in [0.3, 0.4) is 0 Å². The highest BCUT2D eigenvalue weighted by Gasteiger charge is 2.32. The molecule has 1 aliphatic heterocycles. The van der Waals surface area contributed by atoms with E-state index in [0.29, 0.717) is 22.6 Å². The summed E-state index contributed by atoms with van der Waals surface area (Å²) in [7, 11) is 1.53. The molecule has 1 aliphatic rings. The number of rotatable bonds is 4. The minimum Gasteiger partial charge on any atom is -0.493 e. The summed E-state index contributed by atoms with van der Waals surface area (Å²) >= 11 is 3.34. The van der Waals surface area contributed by atoms with Gasteiger partial charge in [0.2, 0.25) is 0 Å². The number of ketones is 2. The van der Waals surface area contributed by atoms with Crippen molar-refractivity contribution >= 4 is 27.5 Å². The Labute approximate surface area is 142 Å². The second-order valence-corrected chi connectivity index (χ2v) is 6.26. The molecule has 0 bridgehead atoms. The Hall–Kier alpha value is -2.14. The zero-order valence-electron chi connectivity index (χ0n) is 12.5. The highest BCUT2D eigenvalue weighted by molar-refractivity contribution is 9.10. The maximum Gasteiger partial charge on any atom is 0.173 e. The molecule has 1 atom stereocenters. The molecule has 2 aromatic rings. The van der Waals surface area contributed by atoms with E-state index in [0.717, 1.165) is 4.47 Å². The van der Waals surface area contributed by atoms with Crippen LogP contribution in [0.1, 0.15) is 27.1 Å². The fourth-order valence-electron chi connectivity index (χ4n) is 2.63. The Morgan fingerprint density at radius 1 is 1.26 bits per heavy atom. The van der Waals surface area contributed by atoms with Crippen molar-refractivity contribution in [3.05, 3.63) is 58.1 Å². The molecule has 118 valence electrons. The molecule has 4 nitrogen and oxygen atoms in total. The molecule has 0 fully saturated rings. The van der Waals surface area contributed by atoms with Crippen LogP contribution in [0.15, 0.2) is 46.9 Å². The number of hydrogen-bond acceptors (Lipinski definition) is 4. The van der Waals surface area contributed by atoms with Gasteiger partial charge in [-0.15, -0.1) is 0 Å². The largest absolute Gasteiger partial charge is 0.493 e. The number of halogens is 1. The van der Waals surface area contributed by atoms with Crippen LogP contribution in [0.2, 0.25) is 0 Å². The second-order valence-electron chi connectivity index (χ2n) is 5.34. The SMILES string of the molecule is COc1cccc2c1OCC(CC(=O)c1ccc(Br)cc1)C2=O. The van der Waals surface area contributed by atoms with Crippen molar-refractivity contribution < 1.29 is 19.1 Å². The third-order valence-electron chi connectivity index (χ3n) is 3.86. The topological polar surface area (TPSA) is 52.6 Å². The van der Waals surface area contributed by atoms with E-state index in [1.54, 1.807) is 30.3 Å². The van der Waals surface area contributed by atoms with Crippen LogP contribution in [0, 0.1) is 5.92 Å². The monoisotopic (exact) mass is 374 g/mol. The van der Waals surface area contributed by atoms with Gasteiger partial charge in [0.1, 0.15) is 0 Å². The molecule has 23 heavy (non-hydrogen) atoms. The maximum absolute atomic E-state index is 12.6. The Morgan fingerprint density at radius 2 is 2.00 bits per heavy atom. The van der Waals surface area contributed by atoms with E-state index in [-0.39, 0.29) is 24.6 Å². The summed E-state index contributed by atoms with van der Waals surface area (Å²) in [4.78, 5) is 25.0. The molecule has 1 unspecified atom stereocenters. The molecule has 0 N–H and O–H groups in total. The van der Waals surface area contributed by atoms with Crippen molar-refractivity contribution in [2.24, 2.45) is 5.92 Å². The summed E-state index contributed by atoms with van der Waals surface area (Å²) in [6.07, 6.45) is 0.136. The van der Waals surface area contributed by atoms with Gasteiger partial charge in [-0.1, -0.05) is 34.1 Å². The van der Waals surface area contributed by atoms with Gasteiger partial charge in [0.15, 0.2) is 23.1 Å². The lowest BCUT2D eigenvalue weighted by molar-refractivity contribution is 0.0764. The molecule has 1 heterocycles. The normalized spacial score (nSPS) is 16.4. The first-order chi connectivity index (χ1) is 11.1. The van der Waals surface area contributed by atoms with Gasteiger partial charge in [0.25, 0.3) is 0 Å². The van der Waals surface area contributed by atoms with Crippen molar-refractivity contribution in [1.82, 2.24) is 0 Å². The van der Waals surface area contributed by atoms with Crippen molar-refractivity contribution in [2.45, 2.75) is 6.42 Å². The third kappa shape index (κ3) is 3.15. The lowest BCUT2D eigenvalue weighted by Crippen LogP contribution is -2.30. The summed E-state index contributed by atoms with van der Waals surface area (Å²) in [5, 5.41) is 0. The van der Waals surface area contributed by atoms with Gasteiger partial charge in [0.05, 0.1) is 25.2 Å². The zero-order valence-corrected chi connectivity index (χ0v) is 14.1. The number of fused-ring (bicyclic) bond motifs is 1. The van der Waals surface area contributed by atoms with Crippen LogP contribution in [0.25, 0.3) is 0 Å². The van der Waals surface area contributed by atoms with Gasteiger partial charge in [-0.2, -0.15) is 0 Å². The van der Waals surface area contributed by atoms with E-state index in [1.807, 2.05) is 12.1 Å². The number of ether oxygens (including phenoxy) is 2. The number of methoxy groups -OCH3 is 1. The summed E-state index contributed by atoms with van der Waals surface area (Å²) < 4.78 is 11.8. The highest BCUT2D eigenvalue weighted by atomic mass is 79.9. The molecule has 0 aliphatic carbocycles. The third-order valence-corrected chi connectivity index (χ3v) is 4.39. The summed E-state index contributed by atoms with van der Waals surface area (Å²) in [6.45, 7) is 0.189. The standard InChI is InChI=1S/C18H15BrO4/c1-22-16-4-2-3-14-17(21)12(10-23-18(14)16)9-15(20)11-5-7-13(19)8-6-11/h2-8,12H,9-10H2,1H3. The van der Waals surface area contributed by atoms with E-state index >= 15 is 0 Å². The fourth-order valence-corrected chi connectivity index (χ4v) is 2.89. The predicted molar refractivity (Wildman–Crippen MR) is 89.4 cm³/mol. The lowest BCUT2D eigenvalue weighted by Gasteiger charge is -2.25. The van der Waals surface area contributed by atoms with E-state index in [9.17, 15) is 9.59 Å². The van der Waals surface area contributed by atoms with E-state index < -0.39 is 5.92 Å². The van der Waals surface area contributed by atoms with Crippen molar-refractivity contribution in [1.29, 1.82) is 0 Å². The van der Waals surface area contributed by atoms with Crippen molar-refractivity contribution in [3.63, 3.8) is 0 Å². The van der Waals surface area contributed by atoms with Crippen LogP contribution in [-0.4, -0.2) is 25.3 Å². The molecule has 2 aromatic carbocycles. The molecule has 0 radical (unpaired) electrons. The summed E-state index contributed by atoms with van der Waals surface area (Å²) in [5.41, 5.74) is 1.07. The smallest absolute Gasteiger partial charge is 0.173 e. The minimum atomic E-state index is -0.467.